The molecule has 0 bridgehead atoms. The first-order chi connectivity index (χ1) is 12.0. The number of hydrogen-bond acceptors (Lipinski definition) is 7. The molecule has 9 nitrogen and oxygen atoms in total. The van der Waals surface area contributed by atoms with Crippen molar-refractivity contribution in [1.82, 2.24) is 0 Å². The maximum atomic E-state index is 11.2. The second-order valence-electron chi connectivity index (χ2n) is 5.99. The zero-order chi connectivity index (χ0) is 18.4. The lowest BCUT2D eigenvalue weighted by molar-refractivity contribution is -0.393. The summed E-state index contributed by atoms with van der Waals surface area (Å²) in [4.78, 5) is 20.7. The fourth-order valence-electron chi connectivity index (χ4n) is 2.95. The number of benzene rings is 1. The minimum absolute atomic E-state index is 0.139. The molecule has 1 aliphatic heterocycles. The van der Waals surface area contributed by atoms with Crippen LogP contribution in [0.5, 0.6) is 0 Å². The molecule has 1 heterocycles. The molecule has 2 rings (SSSR count). The van der Waals surface area contributed by atoms with Crippen LogP contribution in [0.4, 0.5) is 17.1 Å². The van der Waals surface area contributed by atoms with Gasteiger partial charge in [-0.15, -0.1) is 0 Å². The van der Waals surface area contributed by atoms with E-state index in [1.807, 2.05) is 6.92 Å². The van der Waals surface area contributed by atoms with Crippen molar-refractivity contribution in [2.24, 2.45) is 16.9 Å². The van der Waals surface area contributed by atoms with Crippen LogP contribution in [-0.4, -0.2) is 28.8 Å². The highest BCUT2D eigenvalue weighted by molar-refractivity contribution is 5.90. The zero-order valence-corrected chi connectivity index (χ0v) is 14.3. The Morgan fingerprint density at radius 2 is 1.92 bits per heavy atom. The number of hydrogen-bond donors (Lipinski definition) is 1. The Kier molecular flexibility index (Phi) is 6.40. The van der Waals surface area contributed by atoms with Gasteiger partial charge in [-0.2, -0.15) is 5.10 Å². The van der Waals surface area contributed by atoms with Crippen LogP contribution in [-0.2, 0) is 4.74 Å². The maximum absolute atomic E-state index is 11.2. The quantitative estimate of drug-likeness (QED) is 0.590. The average molecular weight is 350 g/mol. The van der Waals surface area contributed by atoms with Crippen LogP contribution >= 0.6 is 0 Å². The molecule has 9 heteroatoms. The van der Waals surface area contributed by atoms with Gasteiger partial charge in [0.2, 0.25) is 0 Å². The van der Waals surface area contributed by atoms with E-state index >= 15 is 0 Å². The van der Waals surface area contributed by atoms with Gasteiger partial charge in [-0.25, -0.2) is 0 Å². The van der Waals surface area contributed by atoms with Gasteiger partial charge in [0.25, 0.3) is 5.69 Å². The third-order valence-corrected chi connectivity index (χ3v) is 4.30. The molecule has 0 spiro atoms. The van der Waals surface area contributed by atoms with Crippen LogP contribution in [0.3, 0.4) is 0 Å². The van der Waals surface area contributed by atoms with Gasteiger partial charge in [0, 0.05) is 23.6 Å². The van der Waals surface area contributed by atoms with E-state index in [2.05, 4.69) is 17.5 Å². The summed E-state index contributed by atoms with van der Waals surface area (Å²) in [6.45, 7) is 5.31. The fraction of sp³-hybridized carbons (Fsp3) is 0.562. The Balaban J connectivity index is 2.31. The van der Waals surface area contributed by atoms with Gasteiger partial charge in [0.05, 0.1) is 29.1 Å². The number of nitrogens with zero attached hydrogens (tertiary/aromatic N) is 3. The number of non-ortho nitro benzene ring substituents is 1. The molecule has 2 atom stereocenters. The van der Waals surface area contributed by atoms with E-state index in [0.717, 1.165) is 31.0 Å². The molecule has 1 saturated heterocycles. The van der Waals surface area contributed by atoms with Crippen molar-refractivity contribution in [1.29, 1.82) is 0 Å². The number of nitrogens with one attached hydrogen (secondary N) is 1. The number of anilines is 1. The van der Waals surface area contributed by atoms with Crippen molar-refractivity contribution in [3.8, 4) is 0 Å². The molecule has 1 aromatic carbocycles. The van der Waals surface area contributed by atoms with Crippen LogP contribution in [0.15, 0.2) is 23.3 Å². The molecule has 1 aromatic rings. The molecular weight excluding hydrogens is 328 g/mol. The van der Waals surface area contributed by atoms with Crippen LogP contribution < -0.4 is 5.43 Å². The topological polar surface area (TPSA) is 120 Å². The van der Waals surface area contributed by atoms with Crippen molar-refractivity contribution in [2.45, 2.75) is 33.1 Å². The van der Waals surface area contributed by atoms with E-state index in [4.69, 9.17) is 4.74 Å². The Bertz CT molecular complexity index is 674. The molecule has 1 fully saturated rings. The van der Waals surface area contributed by atoms with Gasteiger partial charge in [-0.1, -0.05) is 20.3 Å². The summed E-state index contributed by atoms with van der Waals surface area (Å²) in [5, 5.41) is 26.5. The second kappa shape index (κ2) is 8.52. The number of rotatable bonds is 7. The standard InChI is InChI=1S/C16H22N4O5/c1-3-5-12-10-25-9-11(4-2)16(12)18-17-14-7-6-13(19(21)22)8-15(14)20(23)24/h6-8,11-12,17H,3-5,9-10H2,1-2H3. The van der Waals surface area contributed by atoms with Gasteiger partial charge in [-0.05, 0) is 18.9 Å². The molecule has 0 amide bonds. The molecule has 0 radical (unpaired) electrons. The minimum Gasteiger partial charge on any atom is -0.380 e. The third-order valence-electron chi connectivity index (χ3n) is 4.30. The molecule has 1 N–H and O–H groups in total. The van der Waals surface area contributed by atoms with Gasteiger partial charge >= 0.3 is 5.69 Å². The summed E-state index contributed by atoms with van der Waals surface area (Å²) in [5.74, 6) is 0.336. The molecule has 0 saturated carbocycles. The number of hydrazone groups is 1. The summed E-state index contributed by atoms with van der Waals surface area (Å²) in [7, 11) is 0. The Morgan fingerprint density at radius 1 is 1.20 bits per heavy atom. The van der Waals surface area contributed by atoms with E-state index in [9.17, 15) is 20.2 Å². The van der Waals surface area contributed by atoms with Crippen molar-refractivity contribution < 1.29 is 14.6 Å². The van der Waals surface area contributed by atoms with Crippen LogP contribution in [0.25, 0.3) is 0 Å². The highest BCUT2D eigenvalue weighted by Gasteiger charge is 2.29. The van der Waals surface area contributed by atoms with E-state index in [-0.39, 0.29) is 28.9 Å². The highest BCUT2D eigenvalue weighted by Crippen LogP contribution is 2.30. The summed E-state index contributed by atoms with van der Waals surface area (Å²) in [6, 6.07) is 3.48. The first kappa shape index (κ1) is 18.8. The average Bonchev–Trinajstić information content (AvgIpc) is 2.60. The molecule has 0 aliphatic carbocycles. The fourth-order valence-corrected chi connectivity index (χ4v) is 2.95. The van der Waals surface area contributed by atoms with Crippen molar-refractivity contribution in [3.05, 3.63) is 38.4 Å². The molecule has 25 heavy (non-hydrogen) atoms. The molecule has 136 valence electrons. The van der Waals surface area contributed by atoms with Crippen LogP contribution in [0.1, 0.15) is 33.1 Å². The lowest BCUT2D eigenvalue weighted by Gasteiger charge is -2.30. The smallest absolute Gasteiger partial charge is 0.301 e. The van der Waals surface area contributed by atoms with Crippen LogP contribution in [0.2, 0.25) is 0 Å². The predicted octanol–water partition coefficient (Wildman–Crippen LogP) is 3.74. The van der Waals surface area contributed by atoms with E-state index in [0.29, 0.717) is 13.2 Å². The van der Waals surface area contributed by atoms with Crippen molar-refractivity contribution in [2.75, 3.05) is 18.6 Å². The highest BCUT2D eigenvalue weighted by atomic mass is 16.6. The van der Waals surface area contributed by atoms with E-state index in [1.54, 1.807) is 0 Å². The van der Waals surface area contributed by atoms with Gasteiger partial charge < -0.3 is 4.74 Å². The maximum Gasteiger partial charge on any atom is 0.301 e. The van der Waals surface area contributed by atoms with E-state index in [1.165, 1.54) is 12.1 Å². The summed E-state index contributed by atoms with van der Waals surface area (Å²) in [6.07, 6.45) is 2.78. The Morgan fingerprint density at radius 3 is 2.52 bits per heavy atom. The monoisotopic (exact) mass is 350 g/mol. The second-order valence-corrected chi connectivity index (χ2v) is 5.99. The number of ether oxygens (including phenoxy) is 1. The zero-order valence-electron chi connectivity index (χ0n) is 14.3. The lowest BCUT2D eigenvalue weighted by atomic mass is 9.86. The Labute approximate surface area is 145 Å². The van der Waals surface area contributed by atoms with E-state index < -0.39 is 9.85 Å². The van der Waals surface area contributed by atoms with Crippen LogP contribution in [0, 0.1) is 32.1 Å². The Hall–Kier alpha value is -2.55. The number of nitro groups is 2. The van der Waals surface area contributed by atoms with Gasteiger partial charge in [0.15, 0.2) is 0 Å². The largest absolute Gasteiger partial charge is 0.380 e. The number of nitro benzene ring substituents is 2. The minimum atomic E-state index is -0.661. The van der Waals surface area contributed by atoms with Crippen molar-refractivity contribution in [3.63, 3.8) is 0 Å². The SMILES string of the molecule is CCCC1COCC(CC)C1=NNc1ccc([N+](=O)[O-])cc1[N+](=O)[O-]. The predicted molar refractivity (Wildman–Crippen MR) is 93.8 cm³/mol. The normalized spacial score (nSPS) is 21.9. The molecule has 0 aromatic heterocycles. The van der Waals surface area contributed by atoms with Gasteiger partial charge in [0.1, 0.15) is 5.69 Å². The first-order valence-corrected chi connectivity index (χ1v) is 8.31. The van der Waals surface area contributed by atoms with Gasteiger partial charge in [-0.3, -0.25) is 25.7 Å². The molecule has 1 aliphatic rings. The molecular formula is C16H22N4O5. The third kappa shape index (κ3) is 4.50. The summed E-state index contributed by atoms with van der Waals surface area (Å²) < 4.78 is 5.63. The first-order valence-electron chi connectivity index (χ1n) is 8.31. The summed E-state index contributed by atoms with van der Waals surface area (Å²) >= 11 is 0. The molecule has 2 unspecified atom stereocenters. The van der Waals surface area contributed by atoms with Crippen molar-refractivity contribution >= 4 is 22.8 Å². The lowest BCUT2D eigenvalue weighted by Crippen LogP contribution is -2.36. The summed E-state index contributed by atoms with van der Waals surface area (Å²) in [5.41, 5.74) is 3.14.